The second kappa shape index (κ2) is 7.04. The van der Waals surface area contributed by atoms with E-state index in [2.05, 4.69) is 6.58 Å². The van der Waals surface area contributed by atoms with Crippen molar-refractivity contribution >= 4 is 5.97 Å². The molecular weight excluding hydrogens is 188 g/mol. The lowest BCUT2D eigenvalue weighted by Crippen LogP contribution is -2.22. The van der Waals surface area contributed by atoms with Crippen LogP contribution in [0.2, 0.25) is 0 Å². The number of hydrogen-bond acceptors (Lipinski definition) is 1. The summed E-state index contributed by atoms with van der Waals surface area (Å²) < 4.78 is 0. The Morgan fingerprint density at radius 1 is 1.53 bits per heavy atom. The van der Waals surface area contributed by atoms with Gasteiger partial charge in [0, 0.05) is 0 Å². The third-order valence-corrected chi connectivity index (χ3v) is 2.55. The largest absolute Gasteiger partial charge is 0.481 e. The molecule has 2 atom stereocenters. The number of hydrogen-bond donors (Lipinski definition) is 1. The molecule has 0 fully saturated rings. The predicted molar refractivity (Wildman–Crippen MR) is 63.7 cm³/mol. The maximum atomic E-state index is 11.2. The number of carboxylic acids is 1. The summed E-state index contributed by atoms with van der Waals surface area (Å²) >= 11 is 0. The van der Waals surface area contributed by atoms with Crippen LogP contribution in [-0.2, 0) is 4.79 Å². The molecule has 0 aliphatic carbocycles. The summed E-state index contributed by atoms with van der Waals surface area (Å²) in [7, 11) is 0. The minimum Gasteiger partial charge on any atom is -0.481 e. The van der Waals surface area contributed by atoms with E-state index in [1.165, 1.54) is 0 Å². The van der Waals surface area contributed by atoms with E-state index in [-0.39, 0.29) is 5.92 Å². The van der Waals surface area contributed by atoms with Gasteiger partial charge in [0.15, 0.2) is 0 Å². The van der Waals surface area contributed by atoms with Crippen molar-refractivity contribution < 1.29 is 9.90 Å². The number of aliphatic carboxylic acids is 1. The van der Waals surface area contributed by atoms with Crippen LogP contribution in [0, 0.1) is 11.8 Å². The second-order valence-corrected chi connectivity index (χ2v) is 3.60. The molecule has 0 aromatic rings. The Balaban J connectivity index is 5.02. The average molecular weight is 208 g/mol. The van der Waals surface area contributed by atoms with Gasteiger partial charge in [0.05, 0.1) is 5.92 Å². The van der Waals surface area contributed by atoms with E-state index in [0.717, 1.165) is 12.0 Å². The molecule has 15 heavy (non-hydrogen) atoms. The zero-order valence-corrected chi connectivity index (χ0v) is 9.73. The van der Waals surface area contributed by atoms with E-state index in [1.54, 1.807) is 6.08 Å². The van der Waals surface area contributed by atoms with Crippen LogP contribution in [0.25, 0.3) is 0 Å². The van der Waals surface area contributed by atoms with Gasteiger partial charge in [-0.1, -0.05) is 51.2 Å². The molecule has 0 rings (SSSR count). The highest BCUT2D eigenvalue weighted by molar-refractivity contribution is 5.75. The van der Waals surface area contributed by atoms with Crippen molar-refractivity contribution in [3.63, 3.8) is 0 Å². The second-order valence-electron chi connectivity index (χ2n) is 3.60. The van der Waals surface area contributed by atoms with Crippen LogP contribution in [0.4, 0.5) is 0 Å². The first-order valence-electron chi connectivity index (χ1n) is 5.26. The van der Waals surface area contributed by atoms with Crippen molar-refractivity contribution in [2.24, 2.45) is 11.8 Å². The predicted octanol–water partition coefficient (Wildman–Crippen LogP) is 3.42. The molecule has 0 aliphatic rings. The molecule has 0 heterocycles. The number of allylic oxidation sites excluding steroid dienone is 4. The molecule has 2 unspecified atom stereocenters. The molecule has 0 saturated heterocycles. The Morgan fingerprint density at radius 3 is 2.47 bits per heavy atom. The topological polar surface area (TPSA) is 37.3 Å². The maximum absolute atomic E-state index is 11.2. The van der Waals surface area contributed by atoms with Gasteiger partial charge in [0.2, 0.25) is 0 Å². The van der Waals surface area contributed by atoms with Gasteiger partial charge in [-0.2, -0.15) is 0 Å². The molecule has 1 N–H and O–H groups in total. The molecule has 0 radical (unpaired) electrons. The fourth-order valence-corrected chi connectivity index (χ4v) is 1.46. The first-order chi connectivity index (χ1) is 7.08. The SMILES string of the molecule is C=C/C(=C\C=C/C)C(C(=O)O)C(C)CC. The van der Waals surface area contributed by atoms with Gasteiger partial charge >= 0.3 is 5.97 Å². The van der Waals surface area contributed by atoms with Crippen molar-refractivity contribution in [1.29, 1.82) is 0 Å². The molecule has 0 saturated carbocycles. The zero-order valence-electron chi connectivity index (χ0n) is 9.73. The summed E-state index contributed by atoms with van der Waals surface area (Å²) in [6.07, 6.45) is 8.01. The Bertz CT molecular complexity index is 274. The molecule has 0 bridgehead atoms. The van der Waals surface area contributed by atoms with Gasteiger partial charge in [0.25, 0.3) is 0 Å². The van der Waals surface area contributed by atoms with Gasteiger partial charge in [-0.3, -0.25) is 4.79 Å². The van der Waals surface area contributed by atoms with E-state index in [1.807, 2.05) is 39.0 Å². The zero-order chi connectivity index (χ0) is 11.8. The molecule has 0 amide bonds. The minimum atomic E-state index is -0.778. The van der Waals surface area contributed by atoms with Crippen LogP contribution in [0.1, 0.15) is 27.2 Å². The van der Waals surface area contributed by atoms with Crippen molar-refractivity contribution in [2.75, 3.05) is 0 Å². The van der Waals surface area contributed by atoms with Gasteiger partial charge in [-0.15, -0.1) is 0 Å². The van der Waals surface area contributed by atoms with E-state index in [0.29, 0.717) is 0 Å². The van der Waals surface area contributed by atoms with Crippen molar-refractivity contribution in [3.05, 3.63) is 36.5 Å². The first-order valence-corrected chi connectivity index (χ1v) is 5.26. The molecule has 0 aromatic heterocycles. The standard InChI is InChI=1S/C13H20O2/c1-5-8-9-11(7-3)12(13(14)15)10(4)6-2/h5,7-10,12H,3,6H2,1-2,4H3,(H,14,15)/b8-5-,11-9+. The summed E-state index contributed by atoms with van der Waals surface area (Å²) in [4.78, 5) is 11.2. The smallest absolute Gasteiger partial charge is 0.311 e. The highest BCUT2D eigenvalue weighted by Crippen LogP contribution is 2.24. The minimum absolute atomic E-state index is 0.122. The first kappa shape index (κ1) is 13.7. The van der Waals surface area contributed by atoms with Gasteiger partial charge in [0.1, 0.15) is 0 Å². The summed E-state index contributed by atoms with van der Waals surface area (Å²) in [6.45, 7) is 9.51. The maximum Gasteiger partial charge on any atom is 0.311 e. The van der Waals surface area contributed by atoms with E-state index in [9.17, 15) is 4.79 Å². The Morgan fingerprint density at radius 2 is 2.13 bits per heavy atom. The average Bonchev–Trinajstić information content (AvgIpc) is 2.22. The van der Waals surface area contributed by atoms with Gasteiger partial charge in [-0.05, 0) is 18.4 Å². The van der Waals surface area contributed by atoms with Crippen molar-refractivity contribution in [1.82, 2.24) is 0 Å². The summed E-state index contributed by atoms with van der Waals surface area (Å²) in [5.74, 6) is -1.11. The van der Waals surface area contributed by atoms with Crippen LogP contribution in [0.15, 0.2) is 36.5 Å². The van der Waals surface area contributed by atoms with Crippen LogP contribution >= 0.6 is 0 Å². The fourth-order valence-electron chi connectivity index (χ4n) is 1.46. The fraction of sp³-hybridized carbons (Fsp3) is 0.462. The Hall–Kier alpha value is -1.31. The number of rotatable bonds is 6. The van der Waals surface area contributed by atoms with Gasteiger partial charge < -0.3 is 5.11 Å². The molecule has 0 aromatic carbocycles. The van der Waals surface area contributed by atoms with E-state index >= 15 is 0 Å². The summed E-state index contributed by atoms with van der Waals surface area (Å²) in [5, 5.41) is 9.16. The highest BCUT2D eigenvalue weighted by Gasteiger charge is 2.25. The third-order valence-electron chi connectivity index (χ3n) is 2.55. The van der Waals surface area contributed by atoms with Crippen LogP contribution in [0.5, 0.6) is 0 Å². The molecular formula is C13H20O2. The normalized spacial score (nSPS) is 16.3. The van der Waals surface area contributed by atoms with E-state index in [4.69, 9.17) is 5.11 Å². The van der Waals surface area contributed by atoms with Crippen LogP contribution in [-0.4, -0.2) is 11.1 Å². The third kappa shape index (κ3) is 4.15. The lowest BCUT2D eigenvalue weighted by atomic mass is 9.85. The Labute approximate surface area is 92.0 Å². The Kier molecular flexibility index (Phi) is 6.43. The van der Waals surface area contributed by atoms with E-state index < -0.39 is 11.9 Å². The van der Waals surface area contributed by atoms with Crippen LogP contribution < -0.4 is 0 Å². The number of carboxylic acid groups (broad SMARTS) is 1. The lowest BCUT2D eigenvalue weighted by Gasteiger charge is -2.19. The monoisotopic (exact) mass is 208 g/mol. The van der Waals surface area contributed by atoms with Crippen molar-refractivity contribution in [2.45, 2.75) is 27.2 Å². The molecule has 2 nitrogen and oxygen atoms in total. The highest BCUT2D eigenvalue weighted by atomic mass is 16.4. The molecule has 84 valence electrons. The molecule has 0 spiro atoms. The van der Waals surface area contributed by atoms with Gasteiger partial charge in [-0.25, -0.2) is 0 Å². The summed E-state index contributed by atoms with van der Waals surface area (Å²) in [6, 6.07) is 0. The van der Waals surface area contributed by atoms with Crippen molar-refractivity contribution in [3.8, 4) is 0 Å². The summed E-state index contributed by atoms with van der Waals surface area (Å²) in [5.41, 5.74) is 0.773. The molecule has 2 heteroatoms. The quantitative estimate of drug-likeness (QED) is 0.679. The lowest BCUT2D eigenvalue weighted by molar-refractivity contribution is -0.141. The number of carbonyl (C=O) groups is 1. The molecule has 0 aliphatic heterocycles. The van der Waals surface area contributed by atoms with Crippen LogP contribution in [0.3, 0.4) is 0 Å².